The zero-order chi connectivity index (χ0) is 13.3. The first-order chi connectivity index (χ1) is 8.43. The summed E-state index contributed by atoms with van der Waals surface area (Å²) < 4.78 is 0. The Morgan fingerprint density at radius 3 is 2.83 bits per heavy atom. The molecule has 0 saturated carbocycles. The summed E-state index contributed by atoms with van der Waals surface area (Å²) in [6.45, 7) is 5.57. The molecule has 5 nitrogen and oxygen atoms in total. The summed E-state index contributed by atoms with van der Waals surface area (Å²) >= 11 is 0. The summed E-state index contributed by atoms with van der Waals surface area (Å²) in [6.07, 6.45) is 2.04. The third-order valence-electron chi connectivity index (χ3n) is 3.60. The Morgan fingerprint density at radius 1 is 1.56 bits per heavy atom. The van der Waals surface area contributed by atoms with Crippen molar-refractivity contribution in [1.29, 1.82) is 0 Å². The fraction of sp³-hybridized carbons (Fsp3) is 0.462. The van der Waals surface area contributed by atoms with Crippen LogP contribution in [0.4, 0.5) is 0 Å². The lowest BCUT2D eigenvalue weighted by Crippen LogP contribution is -2.35. The zero-order valence-electron chi connectivity index (χ0n) is 10.8. The van der Waals surface area contributed by atoms with E-state index in [1.807, 2.05) is 26.0 Å². The van der Waals surface area contributed by atoms with Crippen molar-refractivity contribution in [3.63, 3.8) is 0 Å². The Hall–Kier alpha value is -1.91. The fourth-order valence-corrected chi connectivity index (χ4v) is 1.85. The van der Waals surface area contributed by atoms with Gasteiger partial charge in [0.2, 0.25) is 0 Å². The van der Waals surface area contributed by atoms with E-state index in [-0.39, 0.29) is 5.92 Å². The van der Waals surface area contributed by atoms with Crippen LogP contribution < -0.4 is 0 Å². The van der Waals surface area contributed by atoms with Gasteiger partial charge >= 0.3 is 5.97 Å². The quantitative estimate of drug-likeness (QED) is 0.868. The number of aliphatic carboxylic acids is 1. The number of fused-ring (bicyclic) bond motifs is 1. The van der Waals surface area contributed by atoms with Gasteiger partial charge in [-0.15, -0.1) is 0 Å². The van der Waals surface area contributed by atoms with E-state index in [9.17, 15) is 9.90 Å². The standard InChI is InChI=1S/C13H17N3O2/c1-8(2)13(3,12(17)18)7-10-15-9-5-4-6-14-11(9)16-10/h4-6,8H,7H2,1-3H3,(H,17,18)(H,14,15,16). The van der Waals surface area contributed by atoms with Crippen molar-refractivity contribution in [2.45, 2.75) is 27.2 Å². The Labute approximate surface area is 105 Å². The number of nitrogens with zero attached hydrogens (tertiary/aromatic N) is 2. The lowest BCUT2D eigenvalue weighted by molar-refractivity contribution is -0.150. The smallest absolute Gasteiger partial charge is 0.310 e. The third-order valence-corrected chi connectivity index (χ3v) is 3.60. The monoisotopic (exact) mass is 247 g/mol. The molecule has 2 rings (SSSR count). The van der Waals surface area contributed by atoms with Crippen LogP contribution >= 0.6 is 0 Å². The minimum atomic E-state index is -0.826. The molecule has 0 bridgehead atoms. The predicted octanol–water partition coefficient (Wildman–Crippen LogP) is 2.25. The molecular weight excluding hydrogens is 230 g/mol. The number of hydrogen-bond donors (Lipinski definition) is 2. The van der Waals surface area contributed by atoms with Gasteiger partial charge in [0.25, 0.3) is 0 Å². The number of rotatable bonds is 4. The average molecular weight is 247 g/mol. The lowest BCUT2D eigenvalue weighted by Gasteiger charge is -2.27. The van der Waals surface area contributed by atoms with Crippen molar-refractivity contribution >= 4 is 17.1 Å². The number of aromatic nitrogens is 3. The average Bonchev–Trinajstić information content (AvgIpc) is 2.70. The first-order valence-electron chi connectivity index (χ1n) is 5.96. The van der Waals surface area contributed by atoms with Gasteiger partial charge in [-0.3, -0.25) is 4.79 Å². The molecule has 96 valence electrons. The summed E-state index contributed by atoms with van der Waals surface area (Å²) in [6, 6.07) is 3.70. The molecule has 0 fully saturated rings. The van der Waals surface area contributed by atoms with E-state index in [1.54, 1.807) is 13.1 Å². The minimum absolute atomic E-state index is 0.0242. The Bertz CT molecular complexity index is 543. The second-order valence-electron chi connectivity index (χ2n) is 5.11. The number of pyridine rings is 1. The van der Waals surface area contributed by atoms with E-state index in [0.29, 0.717) is 17.9 Å². The van der Waals surface area contributed by atoms with Gasteiger partial charge in [-0.25, -0.2) is 9.97 Å². The van der Waals surface area contributed by atoms with Crippen molar-refractivity contribution in [2.75, 3.05) is 0 Å². The number of carbonyl (C=O) groups is 1. The topological polar surface area (TPSA) is 78.9 Å². The first kappa shape index (κ1) is 12.5. The number of H-pyrrole nitrogens is 1. The molecular formula is C13H17N3O2. The molecule has 2 aromatic rings. The van der Waals surface area contributed by atoms with Gasteiger partial charge in [0.15, 0.2) is 5.65 Å². The molecule has 0 spiro atoms. The Kier molecular flexibility index (Phi) is 3.07. The molecule has 18 heavy (non-hydrogen) atoms. The van der Waals surface area contributed by atoms with E-state index < -0.39 is 11.4 Å². The van der Waals surface area contributed by atoms with Gasteiger partial charge in [-0.2, -0.15) is 0 Å². The van der Waals surface area contributed by atoms with Crippen LogP contribution in [0.1, 0.15) is 26.6 Å². The second kappa shape index (κ2) is 4.40. The highest BCUT2D eigenvalue weighted by atomic mass is 16.4. The molecule has 0 aromatic carbocycles. The summed E-state index contributed by atoms with van der Waals surface area (Å²) in [7, 11) is 0. The summed E-state index contributed by atoms with van der Waals surface area (Å²) in [5.41, 5.74) is 0.640. The van der Waals surface area contributed by atoms with Gasteiger partial charge in [0.05, 0.1) is 10.9 Å². The zero-order valence-corrected chi connectivity index (χ0v) is 10.8. The van der Waals surface area contributed by atoms with E-state index in [4.69, 9.17) is 0 Å². The first-order valence-corrected chi connectivity index (χ1v) is 5.96. The Balaban J connectivity index is 2.35. The highest BCUT2D eigenvalue weighted by Gasteiger charge is 2.37. The fourth-order valence-electron chi connectivity index (χ4n) is 1.85. The normalized spacial score (nSPS) is 14.9. The molecule has 1 unspecified atom stereocenters. The van der Waals surface area contributed by atoms with Crippen molar-refractivity contribution in [3.05, 3.63) is 24.2 Å². The lowest BCUT2D eigenvalue weighted by atomic mass is 9.76. The van der Waals surface area contributed by atoms with Crippen LogP contribution in [-0.4, -0.2) is 26.0 Å². The molecule has 2 heterocycles. The van der Waals surface area contributed by atoms with Crippen molar-refractivity contribution in [3.8, 4) is 0 Å². The van der Waals surface area contributed by atoms with Gasteiger partial charge in [0.1, 0.15) is 5.82 Å². The van der Waals surface area contributed by atoms with Crippen LogP contribution in [0, 0.1) is 11.3 Å². The largest absolute Gasteiger partial charge is 0.481 e. The molecule has 5 heteroatoms. The van der Waals surface area contributed by atoms with E-state index in [1.165, 1.54) is 0 Å². The van der Waals surface area contributed by atoms with Gasteiger partial charge in [-0.05, 0) is 25.0 Å². The maximum Gasteiger partial charge on any atom is 0.310 e. The molecule has 2 aromatic heterocycles. The molecule has 2 N–H and O–H groups in total. The van der Waals surface area contributed by atoms with Crippen molar-refractivity contribution in [2.24, 2.45) is 11.3 Å². The van der Waals surface area contributed by atoms with Crippen LogP contribution in [0.3, 0.4) is 0 Å². The number of carboxylic acids is 1. The number of carboxylic acid groups (broad SMARTS) is 1. The third kappa shape index (κ3) is 2.08. The van der Waals surface area contributed by atoms with Crippen LogP contribution in [-0.2, 0) is 11.2 Å². The molecule has 0 amide bonds. The molecule has 0 aliphatic rings. The number of aromatic amines is 1. The predicted molar refractivity (Wildman–Crippen MR) is 68.2 cm³/mol. The number of nitrogens with one attached hydrogen (secondary N) is 1. The highest BCUT2D eigenvalue weighted by molar-refractivity contribution is 5.75. The second-order valence-corrected chi connectivity index (χ2v) is 5.11. The molecule has 0 aliphatic heterocycles. The van der Waals surface area contributed by atoms with E-state index in [2.05, 4.69) is 15.0 Å². The molecule has 0 aliphatic carbocycles. The maximum atomic E-state index is 11.4. The summed E-state index contributed by atoms with van der Waals surface area (Å²) in [4.78, 5) is 23.0. The van der Waals surface area contributed by atoms with Gasteiger partial charge in [-0.1, -0.05) is 13.8 Å². The van der Waals surface area contributed by atoms with E-state index in [0.717, 1.165) is 5.52 Å². The van der Waals surface area contributed by atoms with Crippen molar-refractivity contribution in [1.82, 2.24) is 15.0 Å². The Morgan fingerprint density at radius 2 is 2.28 bits per heavy atom. The number of imidazole rings is 1. The van der Waals surface area contributed by atoms with E-state index >= 15 is 0 Å². The maximum absolute atomic E-state index is 11.4. The SMILES string of the molecule is CC(C)C(C)(Cc1nc2ncccc2[nH]1)C(=O)O. The molecule has 0 saturated heterocycles. The van der Waals surface area contributed by atoms with Crippen LogP contribution in [0.15, 0.2) is 18.3 Å². The van der Waals surface area contributed by atoms with Crippen LogP contribution in [0.25, 0.3) is 11.2 Å². The molecule has 0 radical (unpaired) electrons. The van der Waals surface area contributed by atoms with Gasteiger partial charge in [0, 0.05) is 12.6 Å². The molecule has 1 atom stereocenters. The highest BCUT2D eigenvalue weighted by Crippen LogP contribution is 2.31. The summed E-state index contributed by atoms with van der Waals surface area (Å²) in [5, 5.41) is 9.38. The van der Waals surface area contributed by atoms with Gasteiger partial charge < -0.3 is 10.1 Å². The van der Waals surface area contributed by atoms with Crippen molar-refractivity contribution < 1.29 is 9.90 Å². The number of hydrogen-bond acceptors (Lipinski definition) is 3. The minimum Gasteiger partial charge on any atom is -0.481 e. The van der Waals surface area contributed by atoms with Crippen LogP contribution in [0.5, 0.6) is 0 Å². The summed E-state index contributed by atoms with van der Waals surface area (Å²) in [5.74, 6) is -0.107. The van der Waals surface area contributed by atoms with Crippen LogP contribution in [0.2, 0.25) is 0 Å².